The molecule has 0 saturated carbocycles. The van der Waals surface area contributed by atoms with Crippen LogP contribution in [0.3, 0.4) is 0 Å². The lowest BCUT2D eigenvalue weighted by atomic mass is 10.3. The second kappa shape index (κ2) is 5.00. The summed E-state index contributed by atoms with van der Waals surface area (Å²) in [5.41, 5.74) is 0. The average Bonchev–Trinajstić information content (AvgIpc) is 2.04. The van der Waals surface area contributed by atoms with E-state index in [2.05, 4.69) is 10.1 Å². The van der Waals surface area contributed by atoms with E-state index < -0.39 is 25.0 Å². The number of aliphatic hydroxyl groups excluding tert-OH is 1. The molecule has 0 aliphatic rings. The Hall–Kier alpha value is -0.750. The van der Waals surface area contributed by atoms with E-state index in [1.807, 2.05) is 0 Å². The van der Waals surface area contributed by atoms with Gasteiger partial charge in [-0.15, -0.1) is 0 Å². The SMILES string of the molecule is COC(=O)CNCC(F)(F)CO. The van der Waals surface area contributed by atoms with Crippen LogP contribution in [0.1, 0.15) is 0 Å². The number of hydrogen-bond acceptors (Lipinski definition) is 4. The molecule has 4 nitrogen and oxygen atoms in total. The quantitative estimate of drug-likeness (QED) is 0.557. The van der Waals surface area contributed by atoms with Gasteiger partial charge in [-0.3, -0.25) is 4.79 Å². The Kier molecular flexibility index (Phi) is 4.68. The van der Waals surface area contributed by atoms with E-state index in [-0.39, 0.29) is 6.54 Å². The Morgan fingerprint density at radius 3 is 2.67 bits per heavy atom. The number of ether oxygens (including phenoxy) is 1. The summed E-state index contributed by atoms with van der Waals surface area (Å²) in [5, 5.41) is 10.3. The van der Waals surface area contributed by atoms with E-state index in [0.717, 1.165) is 7.11 Å². The summed E-state index contributed by atoms with van der Waals surface area (Å²) in [5.74, 6) is -3.81. The van der Waals surface area contributed by atoms with Crippen molar-refractivity contribution in [2.75, 3.05) is 26.8 Å². The van der Waals surface area contributed by atoms with Crippen LogP contribution in [0.5, 0.6) is 0 Å². The number of alkyl halides is 2. The van der Waals surface area contributed by atoms with Crippen LogP contribution in [0.15, 0.2) is 0 Å². The minimum Gasteiger partial charge on any atom is -0.468 e. The minimum absolute atomic E-state index is 0.286. The highest BCUT2D eigenvalue weighted by molar-refractivity contribution is 5.71. The lowest BCUT2D eigenvalue weighted by molar-refractivity contribution is -0.139. The molecule has 2 N–H and O–H groups in total. The van der Waals surface area contributed by atoms with Crippen molar-refractivity contribution in [1.82, 2.24) is 5.32 Å². The largest absolute Gasteiger partial charge is 0.468 e. The summed E-state index contributed by atoms with van der Waals surface area (Å²) in [6.07, 6.45) is 0. The number of methoxy groups -OCH3 is 1. The molecule has 0 heterocycles. The highest BCUT2D eigenvalue weighted by Gasteiger charge is 2.27. The number of hydrogen-bond donors (Lipinski definition) is 2. The van der Waals surface area contributed by atoms with Gasteiger partial charge in [-0.25, -0.2) is 8.78 Å². The predicted octanol–water partition coefficient (Wildman–Crippen LogP) is -0.623. The van der Waals surface area contributed by atoms with Crippen molar-refractivity contribution >= 4 is 5.97 Å². The van der Waals surface area contributed by atoms with Crippen LogP contribution in [-0.4, -0.2) is 43.8 Å². The Labute approximate surface area is 68.5 Å². The molecule has 12 heavy (non-hydrogen) atoms. The predicted molar refractivity (Wildman–Crippen MR) is 36.9 cm³/mol. The number of carbonyl (C=O) groups is 1. The van der Waals surface area contributed by atoms with Crippen molar-refractivity contribution in [3.8, 4) is 0 Å². The molecule has 0 bridgehead atoms. The Morgan fingerprint density at radius 2 is 2.25 bits per heavy atom. The Balaban J connectivity index is 3.49. The fraction of sp³-hybridized carbons (Fsp3) is 0.833. The first-order valence-electron chi connectivity index (χ1n) is 3.28. The van der Waals surface area contributed by atoms with E-state index in [1.54, 1.807) is 0 Å². The molecular formula is C6H11F2NO3. The fourth-order valence-corrected chi connectivity index (χ4v) is 0.476. The summed E-state index contributed by atoms with van der Waals surface area (Å²) >= 11 is 0. The molecule has 0 unspecified atom stereocenters. The number of carbonyl (C=O) groups excluding carboxylic acids is 1. The summed E-state index contributed by atoms with van der Waals surface area (Å²) < 4.78 is 28.7. The van der Waals surface area contributed by atoms with Gasteiger partial charge in [0.25, 0.3) is 5.92 Å². The van der Waals surface area contributed by atoms with Crippen molar-refractivity contribution in [3.05, 3.63) is 0 Å². The number of nitrogens with one attached hydrogen (secondary N) is 1. The molecule has 72 valence electrons. The van der Waals surface area contributed by atoms with Crippen molar-refractivity contribution in [1.29, 1.82) is 0 Å². The Bertz CT molecular complexity index is 152. The zero-order chi connectivity index (χ0) is 9.61. The van der Waals surface area contributed by atoms with Crippen LogP contribution in [-0.2, 0) is 9.53 Å². The van der Waals surface area contributed by atoms with Gasteiger partial charge in [0.2, 0.25) is 0 Å². The van der Waals surface area contributed by atoms with Crippen LogP contribution in [0.25, 0.3) is 0 Å². The first-order valence-corrected chi connectivity index (χ1v) is 3.28. The van der Waals surface area contributed by atoms with Gasteiger partial charge in [-0.1, -0.05) is 0 Å². The smallest absolute Gasteiger partial charge is 0.319 e. The molecular weight excluding hydrogens is 172 g/mol. The molecule has 0 saturated heterocycles. The standard InChI is InChI=1S/C6H11F2NO3/c1-12-5(11)2-9-3-6(7,8)4-10/h9-10H,2-4H2,1H3. The highest BCUT2D eigenvalue weighted by Crippen LogP contribution is 2.09. The molecule has 0 aromatic rings. The summed E-state index contributed by atoms with van der Waals surface area (Å²) in [7, 11) is 1.16. The fourth-order valence-electron chi connectivity index (χ4n) is 0.476. The molecule has 0 spiro atoms. The summed E-state index contributed by atoms with van der Waals surface area (Å²) in [4.78, 5) is 10.4. The molecule has 6 heteroatoms. The van der Waals surface area contributed by atoms with E-state index in [0.29, 0.717) is 0 Å². The monoisotopic (exact) mass is 183 g/mol. The molecule has 0 radical (unpaired) electrons. The normalized spacial score (nSPS) is 11.3. The van der Waals surface area contributed by atoms with E-state index in [9.17, 15) is 13.6 Å². The van der Waals surface area contributed by atoms with Crippen molar-refractivity contribution in [3.63, 3.8) is 0 Å². The Morgan fingerprint density at radius 1 is 1.67 bits per heavy atom. The third-order valence-corrected chi connectivity index (χ3v) is 1.11. The molecule has 0 atom stereocenters. The van der Waals surface area contributed by atoms with Crippen LogP contribution >= 0.6 is 0 Å². The lowest BCUT2D eigenvalue weighted by Crippen LogP contribution is -2.38. The molecule has 0 amide bonds. The molecule has 0 aliphatic carbocycles. The van der Waals surface area contributed by atoms with Crippen molar-refractivity contribution in [2.45, 2.75) is 5.92 Å². The first-order chi connectivity index (χ1) is 5.52. The zero-order valence-corrected chi connectivity index (χ0v) is 6.64. The van der Waals surface area contributed by atoms with Crippen LogP contribution < -0.4 is 5.32 Å². The molecule has 0 aliphatic heterocycles. The van der Waals surface area contributed by atoms with Gasteiger partial charge in [0, 0.05) is 0 Å². The number of aliphatic hydroxyl groups is 1. The lowest BCUT2D eigenvalue weighted by Gasteiger charge is -2.12. The molecule has 0 aromatic heterocycles. The second-order valence-corrected chi connectivity index (χ2v) is 2.19. The molecule has 0 rings (SSSR count). The van der Waals surface area contributed by atoms with Crippen LogP contribution in [0, 0.1) is 0 Å². The van der Waals surface area contributed by atoms with Crippen molar-refractivity contribution in [2.24, 2.45) is 0 Å². The second-order valence-electron chi connectivity index (χ2n) is 2.19. The van der Waals surface area contributed by atoms with Gasteiger partial charge in [-0.05, 0) is 0 Å². The third kappa shape index (κ3) is 4.97. The molecule has 0 aromatic carbocycles. The van der Waals surface area contributed by atoms with Crippen LogP contribution in [0.4, 0.5) is 8.78 Å². The molecule has 0 fully saturated rings. The van der Waals surface area contributed by atoms with Gasteiger partial charge in [0.05, 0.1) is 20.2 Å². The summed E-state index contributed by atoms with van der Waals surface area (Å²) in [6.45, 7) is -2.26. The van der Waals surface area contributed by atoms with E-state index in [4.69, 9.17) is 5.11 Å². The van der Waals surface area contributed by atoms with Gasteiger partial charge in [0.15, 0.2) is 0 Å². The van der Waals surface area contributed by atoms with Gasteiger partial charge < -0.3 is 15.2 Å². The minimum atomic E-state index is -3.19. The average molecular weight is 183 g/mol. The van der Waals surface area contributed by atoms with Gasteiger partial charge >= 0.3 is 5.97 Å². The maximum Gasteiger partial charge on any atom is 0.319 e. The third-order valence-electron chi connectivity index (χ3n) is 1.11. The summed E-state index contributed by atoms with van der Waals surface area (Å²) in [6, 6.07) is 0. The van der Waals surface area contributed by atoms with E-state index >= 15 is 0 Å². The van der Waals surface area contributed by atoms with Crippen LogP contribution in [0.2, 0.25) is 0 Å². The maximum atomic E-state index is 12.2. The van der Waals surface area contributed by atoms with Crippen molar-refractivity contribution < 1.29 is 23.4 Å². The topological polar surface area (TPSA) is 58.6 Å². The van der Waals surface area contributed by atoms with Gasteiger partial charge in [-0.2, -0.15) is 0 Å². The number of halogens is 2. The zero-order valence-electron chi connectivity index (χ0n) is 6.64. The maximum absolute atomic E-state index is 12.2. The van der Waals surface area contributed by atoms with E-state index in [1.165, 1.54) is 0 Å². The number of rotatable bonds is 5. The number of esters is 1. The van der Waals surface area contributed by atoms with Gasteiger partial charge in [0.1, 0.15) is 6.61 Å². The highest BCUT2D eigenvalue weighted by atomic mass is 19.3. The first kappa shape index (κ1) is 11.2.